The summed E-state index contributed by atoms with van der Waals surface area (Å²) in [4.78, 5) is 16.5. The predicted octanol–water partition coefficient (Wildman–Crippen LogP) is 4.29. The minimum atomic E-state index is -4.30. The zero-order valence-corrected chi connectivity index (χ0v) is 16.6. The molecule has 0 atom stereocenters. The average molecular weight is 423 g/mol. The smallest absolute Gasteiger partial charge is 0.341 e. The van der Waals surface area contributed by atoms with Crippen molar-refractivity contribution in [1.82, 2.24) is 9.80 Å². The number of likely N-dealkylation sites (tertiary alicyclic amines) is 2. The van der Waals surface area contributed by atoms with E-state index in [0.717, 1.165) is 44.4 Å². The van der Waals surface area contributed by atoms with E-state index in [2.05, 4.69) is 4.90 Å². The van der Waals surface area contributed by atoms with E-state index in [-0.39, 0.29) is 11.3 Å². The van der Waals surface area contributed by atoms with E-state index in [4.69, 9.17) is 11.6 Å². The van der Waals surface area contributed by atoms with Crippen molar-refractivity contribution in [3.8, 4) is 0 Å². The fourth-order valence-corrected chi connectivity index (χ4v) is 4.41. The highest BCUT2D eigenvalue weighted by Crippen LogP contribution is 2.40. The molecular weight excluding hydrogens is 401 g/mol. The molecule has 2 aromatic carbocycles. The first-order valence-electron chi connectivity index (χ1n) is 9.63. The maximum atomic E-state index is 12.8. The molecule has 0 saturated carbocycles. The molecule has 0 N–H and O–H groups in total. The van der Waals surface area contributed by atoms with Crippen LogP contribution in [0.15, 0.2) is 48.5 Å². The highest BCUT2D eigenvalue weighted by molar-refractivity contribution is 6.30. The summed E-state index contributed by atoms with van der Waals surface area (Å²) in [5, 5.41) is 0.656. The Hall–Kier alpha value is -2.05. The van der Waals surface area contributed by atoms with Gasteiger partial charge in [0.1, 0.15) is 0 Å². The third-order valence-corrected chi connectivity index (χ3v) is 6.01. The number of hydrogen-bond acceptors (Lipinski definition) is 2. The zero-order chi connectivity index (χ0) is 20.6. The van der Waals surface area contributed by atoms with Crippen LogP contribution in [0.5, 0.6) is 0 Å². The quantitative estimate of drug-likeness (QED) is 0.717. The third-order valence-electron chi connectivity index (χ3n) is 5.76. The maximum absolute atomic E-state index is 12.8. The Morgan fingerprint density at radius 1 is 1.00 bits per heavy atom. The second-order valence-corrected chi connectivity index (χ2v) is 8.65. The SMILES string of the molecule is O=C(Cc1ccc(Cl)cc1)N1CC2(CN(CCc3cccc(C(F)(F)F)c3)C2)C1. The maximum Gasteiger partial charge on any atom is 0.416 e. The van der Waals surface area contributed by atoms with Crippen LogP contribution >= 0.6 is 11.6 Å². The molecule has 7 heteroatoms. The van der Waals surface area contributed by atoms with Crippen molar-refractivity contribution in [2.75, 3.05) is 32.7 Å². The lowest BCUT2D eigenvalue weighted by Crippen LogP contribution is -2.73. The van der Waals surface area contributed by atoms with Crippen molar-refractivity contribution >= 4 is 17.5 Å². The molecule has 2 heterocycles. The summed E-state index contributed by atoms with van der Waals surface area (Å²) < 4.78 is 38.4. The van der Waals surface area contributed by atoms with E-state index < -0.39 is 11.7 Å². The lowest BCUT2D eigenvalue weighted by molar-refractivity contribution is -0.158. The average Bonchev–Trinajstić information content (AvgIpc) is 2.60. The van der Waals surface area contributed by atoms with Gasteiger partial charge in [-0.25, -0.2) is 0 Å². The standard InChI is InChI=1S/C22H22ClF3N2O/c23-19-6-4-17(5-7-19)11-20(29)28-14-21(15-28)12-27(13-21)9-8-16-2-1-3-18(10-16)22(24,25)26/h1-7,10H,8-9,11-15H2. The monoisotopic (exact) mass is 422 g/mol. The van der Waals surface area contributed by atoms with Gasteiger partial charge in [0.15, 0.2) is 0 Å². The van der Waals surface area contributed by atoms with Crippen LogP contribution < -0.4 is 0 Å². The topological polar surface area (TPSA) is 23.6 Å². The van der Waals surface area contributed by atoms with Gasteiger partial charge in [-0.2, -0.15) is 13.2 Å². The predicted molar refractivity (Wildman–Crippen MR) is 106 cm³/mol. The molecule has 0 aromatic heterocycles. The molecule has 2 aromatic rings. The van der Waals surface area contributed by atoms with Crippen molar-refractivity contribution in [3.63, 3.8) is 0 Å². The summed E-state index contributed by atoms with van der Waals surface area (Å²) >= 11 is 5.87. The molecule has 2 fully saturated rings. The van der Waals surface area contributed by atoms with E-state index in [1.165, 1.54) is 12.1 Å². The van der Waals surface area contributed by atoms with Gasteiger partial charge >= 0.3 is 6.18 Å². The first kappa shape index (κ1) is 20.2. The molecule has 0 bridgehead atoms. The molecule has 2 aliphatic heterocycles. The Morgan fingerprint density at radius 3 is 2.34 bits per heavy atom. The van der Waals surface area contributed by atoms with Crippen molar-refractivity contribution in [3.05, 3.63) is 70.2 Å². The second-order valence-electron chi connectivity index (χ2n) is 8.21. The molecule has 0 radical (unpaired) electrons. The van der Waals surface area contributed by atoms with E-state index in [1.807, 2.05) is 17.0 Å². The molecule has 154 valence electrons. The third kappa shape index (κ3) is 4.59. The highest BCUT2D eigenvalue weighted by Gasteiger charge is 2.52. The number of amides is 1. The summed E-state index contributed by atoms with van der Waals surface area (Å²) in [7, 11) is 0. The number of halogens is 4. The van der Waals surface area contributed by atoms with Crippen molar-refractivity contribution < 1.29 is 18.0 Å². The van der Waals surface area contributed by atoms with Gasteiger partial charge in [0.05, 0.1) is 12.0 Å². The first-order valence-corrected chi connectivity index (χ1v) is 10.0. The number of alkyl halides is 3. The molecule has 29 heavy (non-hydrogen) atoms. The van der Waals surface area contributed by atoms with Crippen LogP contribution in [0.2, 0.25) is 5.02 Å². The van der Waals surface area contributed by atoms with Crippen LogP contribution in [0.25, 0.3) is 0 Å². The molecule has 3 nitrogen and oxygen atoms in total. The van der Waals surface area contributed by atoms with E-state index in [1.54, 1.807) is 18.2 Å². The second kappa shape index (κ2) is 7.65. The lowest BCUT2D eigenvalue weighted by Gasteiger charge is -2.60. The number of nitrogens with zero attached hydrogens (tertiary/aromatic N) is 2. The molecule has 1 spiro atoms. The molecule has 2 aliphatic rings. The molecule has 2 saturated heterocycles. The fourth-order valence-electron chi connectivity index (χ4n) is 4.28. The summed E-state index contributed by atoms with van der Waals surface area (Å²) in [5.74, 6) is 0.125. The summed E-state index contributed by atoms with van der Waals surface area (Å²) in [6.07, 6.45) is -3.32. The number of benzene rings is 2. The van der Waals surface area contributed by atoms with Gasteiger partial charge < -0.3 is 9.80 Å². The van der Waals surface area contributed by atoms with Gasteiger partial charge in [0.25, 0.3) is 0 Å². The minimum absolute atomic E-state index is 0.125. The first-order chi connectivity index (χ1) is 13.7. The van der Waals surface area contributed by atoms with Crippen LogP contribution in [0, 0.1) is 5.41 Å². The Balaban J connectivity index is 1.20. The van der Waals surface area contributed by atoms with Crippen LogP contribution in [0.1, 0.15) is 16.7 Å². The van der Waals surface area contributed by atoms with Crippen molar-refractivity contribution in [2.45, 2.75) is 19.0 Å². The van der Waals surface area contributed by atoms with Gasteiger partial charge in [0, 0.05) is 43.2 Å². The number of hydrogen-bond donors (Lipinski definition) is 0. The van der Waals surface area contributed by atoms with Gasteiger partial charge in [-0.15, -0.1) is 0 Å². The highest BCUT2D eigenvalue weighted by atomic mass is 35.5. The normalized spacial score (nSPS) is 18.4. The van der Waals surface area contributed by atoms with Crippen LogP contribution in [-0.2, 0) is 23.8 Å². The van der Waals surface area contributed by atoms with E-state index >= 15 is 0 Å². The van der Waals surface area contributed by atoms with Gasteiger partial charge in [-0.05, 0) is 35.7 Å². The Morgan fingerprint density at radius 2 is 1.69 bits per heavy atom. The van der Waals surface area contributed by atoms with Crippen LogP contribution in [0.4, 0.5) is 13.2 Å². The Labute approximate surface area is 173 Å². The fraction of sp³-hybridized carbons (Fsp3) is 0.409. The van der Waals surface area contributed by atoms with Crippen molar-refractivity contribution in [2.24, 2.45) is 5.41 Å². The van der Waals surface area contributed by atoms with E-state index in [9.17, 15) is 18.0 Å². The summed E-state index contributed by atoms with van der Waals surface area (Å²) in [5.41, 5.74) is 1.23. The van der Waals surface area contributed by atoms with Crippen LogP contribution in [-0.4, -0.2) is 48.4 Å². The van der Waals surface area contributed by atoms with Gasteiger partial charge in [-0.3, -0.25) is 4.79 Å². The zero-order valence-electron chi connectivity index (χ0n) is 15.9. The number of carbonyl (C=O) groups excluding carboxylic acids is 1. The van der Waals surface area contributed by atoms with Gasteiger partial charge in [0.2, 0.25) is 5.91 Å². The number of rotatable bonds is 5. The minimum Gasteiger partial charge on any atom is -0.341 e. The Bertz CT molecular complexity index is 884. The molecule has 1 amide bonds. The van der Waals surface area contributed by atoms with Crippen LogP contribution in [0.3, 0.4) is 0 Å². The largest absolute Gasteiger partial charge is 0.416 e. The lowest BCUT2D eigenvalue weighted by atomic mass is 9.72. The van der Waals surface area contributed by atoms with E-state index in [0.29, 0.717) is 23.4 Å². The molecule has 0 unspecified atom stereocenters. The van der Waals surface area contributed by atoms with Gasteiger partial charge in [-0.1, -0.05) is 41.9 Å². The molecular formula is C22H22ClF3N2O. The number of carbonyl (C=O) groups is 1. The van der Waals surface area contributed by atoms with Crippen molar-refractivity contribution in [1.29, 1.82) is 0 Å². The summed E-state index contributed by atoms with van der Waals surface area (Å²) in [6.45, 7) is 4.06. The summed E-state index contributed by atoms with van der Waals surface area (Å²) in [6, 6.07) is 12.9. The molecule has 4 rings (SSSR count). The molecule has 0 aliphatic carbocycles. The Kier molecular flexibility index (Phi) is 5.34.